The van der Waals surface area contributed by atoms with Crippen LogP contribution >= 0.6 is 0 Å². The molecule has 88 valence electrons. The van der Waals surface area contributed by atoms with Gasteiger partial charge in [0.25, 0.3) is 0 Å². The molecule has 0 saturated carbocycles. The van der Waals surface area contributed by atoms with Gasteiger partial charge in [0.2, 0.25) is 5.91 Å². The molecule has 0 fully saturated rings. The number of amides is 1. The summed E-state index contributed by atoms with van der Waals surface area (Å²) < 4.78 is 0. The molecule has 6 heteroatoms. The van der Waals surface area contributed by atoms with Gasteiger partial charge in [0.1, 0.15) is 0 Å². The number of nitrogens with two attached hydrogens (primary N) is 1. The van der Waals surface area contributed by atoms with Gasteiger partial charge in [0, 0.05) is 0 Å². The standard InChI is InChI=1S/C9H18N2O4/c1-5(2)3-6(10)8(13)11-4-7(12)9(14)15/h5-7,12H,3-4,10H2,1-2H3,(H,11,13)(H,14,15)/t6-,7-/m0/s1. The third-order valence-corrected chi connectivity index (χ3v) is 1.82. The average molecular weight is 218 g/mol. The molecule has 0 bridgehead atoms. The molecule has 15 heavy (non-hydrogen) atoms. The zero-order valence-electron chi connectivity index (χ0n) is 8.93. The van der Waals surface area contributed by atoms with E-state index >= 15 is 0 Å². The number of hydrogen-bond acceptors (Lipinski definition) is 4. The molecule has 0 radical (unpaired) electrons. The summed E-state index contributed by atoms with van der Waals surface area (Å²) in [4.78, 5) is 21.5. The first-order valence-corrected chi connectivity index (χ1v) is 4.78. The highest BCUT2D eigenvalue weighted by Gasteiger charge is 2.18. The lowest BCUT2D eigenvalue weighted by molar-refractivity contribution is -0.146. The summed E-state index contributed by atoms with van der Waals surface area (Å²) in [5.41, 5.74) is 5.54. The molecule has 0 aromatic rings. The van der Waals surface area contributed by atoms with Crippen molar-refractivity contribution in [3.8, 4) is 0 Å². The quantitative estimate of drug-likeness (QED) is 0.453. The molecule has 0 unspecified atom stereocenters. The molecule has 5 N–H and O–H groups in total. The Bertz CT molecular complexity index is 230. The van der Waals surface area contributed by atoms with E-state index < -0.39 is 24.0 Å². The van der Waals surface area contributed by atoms with Gasteiger partial charge in [-0.25, -0.2) is 4.79 Å². The zero-order valence-corrected chi connectivity index (χ0v) is 8.93. The summed E-state index contributed by atoms with van der Waals surface area (Å²) in [6, 6.07) is -0.661. The zero-order chi connectivity index (χ0) is 12.0. The fraction of sp³-hybridized carbons (Fsp3) is 0.778. The summed E-state index contributed by atoms with van der Waals surface area (Å²) >= 11 is 0. The van der Waals surface area contributed by atoms with Crippen LogP contribution in [0.3, 0.4) is 0 Å². The minimum atomic E-state index is -1.58. The Hall–Kier alpha value is -1.14. The lowest BCUT2D eigenvalue weighted by Crippen LogP contribution is -2.45. The fourth-order valence-corrected chi connectivity index (χ4v) is 1.03. The molecule has 0 aliphatic carbocycles. The maximum absolute atomic E-state index is 11.3. The van der Waals surface area contributed by atoms with Gasteiger partial charge in [0.05, 0.1) is 12.6 Å². The smallest absolute Gasteiger partial charge is 0.334 e. The van der Waals surface area contributed by atoms with E-state index in [-0.39, 0.29) is 12.5 Å². The monoisotopic (exact) mass is 218 g/mol. The number of carboxylic acids is 1. The molecule has 0 saturated heterocycles. The van der Waals surface area contributed by atoms with Gasteiger partial charge in [-0.15, -0.1) is 0 Å². The van der Waals surface area contributed by atoms with Crippen molar-refractivity contribution in [2.24, 2.45) is 11.7 Å². The second-order valence-electron chi connectivity index (χ2n) is 3.84. The number of aliphatic hydroxyl groups excluding tert-OH is 1. The van der Waals surface area contributed by atoms with Crippen molar-refractivity contribution in [1.29, 1.82) is 0 Å². The Morgan fingerprint density at radius 3 is 2.33 bits per heavy atom. The second kappa shape index (κ2) is 6.36. The van der Waals surface area contributed by atoms with Crippen molar-refractivity contribution in [2.75, 3.05) is 6.54 Å². The number of carboxylic acid groups (broad SMARTS) is 1. The van der Waals surface area contributed by atoms with Crippen LogP contribution in [-0.4, -0.2) is 40.8 Å². The van der Waals surface area contributed by atoms with Gasteiger partial charge >= 0.3 is 5.97 Å². The highest BCUT2D eigenvalue weighted by Crippen LogP contribution is 2.02. The normalized spacial score (nSPS) is 14.7. The first-order chi connectivity index (χ1) is 6.84. The lowest BCUT2D eigenvalue weighted by Gasteiger charge is -2.14. The number of hydrogen-bond donors (Lipinski definition) is 4. The van der Waals surface area contributed by atoms with Gasteiger partial charge in [-0.2, -0.15) is 0 Å². The van der Waals surface area contributed by atoms with Crippen molar-refractivity contribution >= 4 is 11.9 Å². The lowest BCUT2D eigenvalue weighted by atomic mass is 10.0. The predicted molar refractivity (Wildman–Crippen MR) is 54.1 cm³/mol. The van der Waals surface area contributed by atoms with Crippen LogP contribution in [-0.2, 0) is 9.59 Å². The molecule has 1 amide bonds. The van der Waals surface area contributed by atoms with Crippen molar-refractivity contribution in [3.63, 3.8) is 0 Å². The first kappa shape index (κ1) is 13.9. The minimum absolute atomic E-state index is 0.287. The topological polar surface area (TPSA) is 113 Å². The molecule has 6 nitrogen and oxygen atoms in total. The van der Waals surface area contributed by atoms with E-state index in [0.29, 0.717) is 6.42 Å². The number of aliphatic carboxylic acids is 1. The summed E-state index contributed by atoms with van der Waals surface area (Å²) in [5.74, 6) is -1.52. The molecular formula is C9H18N2O4. The van der Waals surface area contributed by atoms with Gasteiger partial charge in [-0.1, -0.05) is 13.8 Å². The summed E-state index contributed by atoms with van der Waals surface area (Å²) in [5, 5.41) is 19.5. The second-order valence-corrected chi connectivity index (χ2v) is 3.84. The summed E-state index contributed by atoms with van der Waals surface area (Å²) in [7, 11) is 0. The van der Waals surface area contributed by atoms with Crippen LogP contribution in [0.2, 0.25) is 0 Å². The summed E-state index contributed by atoms with van der Waals surface area (Å²) in [6.07, 6.45) is -1.06. The number of nitrogens with one attached hydrogen (secondary N) is 1. The molecule has 0 aliphatic heterocycles. The van der Waals surface area contributed by atoms with E-state index in [9.17, 15) is 9.59 Å². The molecule has 0 aliphatic rings. The Labute approximate surface area is 88.5 Å². The molecule has 0 aromatic heterocycles. The van der Waals surface area contributed by atoms with E-state index in [1.54, 1.807) is 0 Å². The van der Waals surface area contributed by atoms with Crippen molar-refractivity contribution in [3.05, 3.63) is 0 Å². The van der Waals surface area contributed by atoms with Crippen LogP contribution in [0.15, 0.2) is 0 Å². The Morgan fingerprint density at radius 1 is 1.40 bits per heavy atom. The number of aliphatic hydroxyl groups is 1. The molecule has 0 spiro atoms. The Morgan fingerprint density at radius 2 is 1.93 bits per heavy atom. The average Bonchev–Trinajstić information content (AvgIpc) is 2.12. The third kappa shape index (κ3) is 6.03. The molecule has 0 heterocycles. The molecular weight excluding hydrogens is 200 g/mol. The maximum Gasteiger partial charge on any atom is 0.334 e. The van der Waals surface area contributed by atoms with Crippen molar-refractivity contribution in [1.82, 2.24) is 5.32 Å². The van der Waals surface area contributed by atoms with Gasteiger partial charge in [-0.05, 0) is 12.3 Å². The number of rotatable bonds is 6. The van der Waals surface area contributed by atoms with Crippen LogP contribution in [0.25, 0.3) is 0 Å². The highest BCUT2D eigenvalue weighted by atomic mass is 16.4. The van der Waals surface area contributed by atoms with Crippen LogP contribution in [0.1, 0.15) is 20.3 Å². The fourth-order valence-electron chi connectivity index (χ4n) is 1.03. The SMILES string of the molecule is CC(C)C[C@H](N)C(=O)NC[C@H](O)C(=O)O. The van der Waals surface area contributed by atoms with Gasteiger partial charge in [-0.3, -0.25) is 4.79 Å². The number of carbonyl (C=O) groups is 2. The molecule has 2 atom stereocenters. The van der Waals surface area contributed by atoms with Crippen LogP contribution in [0.5, 0.6) is 0 Å². The maximum atomic E-state index is 11.3. The van der Waals surface area contributed by atoms with Crippen LogP contribution in [0, 0.1) is 5.92 Å². The molecule has 0 aromatic carbocycles. The van der Waals surface area contributed by atoms with Crippen molar-refractivity contribution < 1.29 is 19.8 Å². The largest absolute Gasteiger partial charge is 0.479 e. The van der Waals surface area contributed by atoms with E-state index in [4.69, 9.17) is 15.9 Å². The van der Waals surface area contributed by atoms with Crippen LogP contribution in [0.4, 0.5) is 0 Å². The predicted octanol–water partition coefficient (Wildman–Crippen LogP) is -1.08. The third-order valence-electron chi connectivity index (χ3n) is 1.82. The van der Waals surface area contributed by atoms with Gasteiger partial charge < -0.3 is 21.3 Å². The Kier molecular flexibility index (Phi) is 5.88. The van der Waals surface area contributed by atoms with E-state index in [0.717, 1.165) is 0 Å². The highest BCUT2D eigenvalue weighted by molar-refractivity contribution is 5.82. The Balaban J connectivity index is 3.88. The molecule has 0 rings (SSSR count). The van der Waals surface area contributed by atoms with Gasteiger partial charge in [0.15, 0.2) is 6.10 Å². The van der Waals surface area contributed by atoms with Crippen molar-refractivity contribution in [2.45, 2.75) is 32.4 Å². The summed E-state index contributed by atoms with van der Waals surface area (Å²) in [6.45, 7) is 3.54. The number of carbonyl (C=O) groups excluding carboxylic acids is 1. The minimum Gasteiger partial charge on any atom is -0.479 e. The van der Waals surface area contributed by atoms with Crippen LogP contribution < -0.4 is 11.1 Å². The first-order valence-electron chi connectivity index (χ1n) is 4.78. The van der Waals surface area contributed by atoms with E-state index in [2.05, 4.69) is 5.32 Å². The van der Waals surface area contributed by atoms with E-state index in [1.165, 1.54) is 0 Å². The van der Waals surface area contributed by atoms with E-state index in [1.807, 2.05) is 13.8 Å².